The Hall–Kier alpha value is -4.99. The summed E-state index contributed by atoms with van der Waals surface area (Å²) in [5.41, 5.74) is 7.78. The predicted molar refractivity (Wildman–Crippen MR) is 149 cm³/mol. The van der Waals surface area contributed by atoms with Gasteiger partial charge in [0.05, 0.1) is 17.2 Å². The van der Waals surface area contributed by atoms with Gasteiger partial charge in [-0.1, -0.05) is 24.3 Å². The molecule has 1 unspecified atom stereocenters. The van der Waals surface area contributed by atoms with Crippen molar-refractivity contribution in [1.29, 1.82) is 0 Å². The summed E-state index contributed by atoms with van der Waals surface area (Å²) >= 11 is 0. The molecule has 2 N–H and O–H groups in total. The van der Waals surface area contributed by atoms with Gasteiger partial charge in [0.2, 0.25) is 5.91 Å². The van der Waals surface area contributed by atoms with Crippen LogP contribution in [0.15, 0.2) is 79.1 Å². The van der Waals surface area contributed by atoms with E-state index in [2.05, 4.69) is 9.97 Å². The van der Waals surface area contributed by atoms with Crippen molar-refractivity contribution in [1.82, 2.24) is 9.97 Å². The lowest BCUT2D eigenvalue weighted by Crippen LogP contribution is -2.34. The Labute approximate surface area is 231 Å². The smallest absolute Gasteiger partial charge is 0.414 e. The van der Waals surface area contributed by atoms with Crippen molar-refractivity contribution >= 4 is 35.0 Å². The van der Waals surface area contributed by atoms with Crippen LogP contribution in [0, 0.1) is 5.82 Å². The van der Waals surface area contributed by atoms with Gasteiger partial charge < -0.3 is 15.2 Å². The molecule has 3 aromatic carbocycles. The third-order valence-corrected chi connectivity index (χ3v) is 6.25. The van der Waals surface area contributed by atoms with Crippen LogP contribution < -0.4 is 20.3 Å². The van der Waals surface area contributed by atoms with Crippen LogP contribution in [-0.4, -0.2) is 34.6 Å². The second-order valence-electron chi connectivity index (χ2n) is 10.3. The molecule has 1 aliphatic rings. The molecule has 204 valence electrons. The minimum Gasteiger partial charge on any atom is -0.457 e. The van der Waals surface area contributed by atoms with Gasteiger partial charge >= 0.3 is 6.09 Å². The number of aromatic nitrogens is 2. The lowest BCUT2D eigenvalue weighted by Gasteiger charge is -2.25. The molecular weight excluding hydrogens is 513 g/mol. The second-order valence-corrected chi connectivity index (χ2v) is 10.3. The van der Waals surface area contributed by atoms with Gasteiger partial charge in [0.1, 0.15) is 40.9 Å². The van der Waals surface area contributed by atoms with Gasteiger partial charge in [-0.25, -0.2) is 19.2 Å². The van der Waals surface area contributed by atoms with Crippen LogP contribution in [0.5, 0.6) is 11.5 Å². The summed E-state index contributed by atoms with van der Waals surface area (Å²) in [4.78, 5) is 38.0. The van der Waals surface area contributed by atoms with Crippen LogP contribution in [0.3, 0.4) is 0 Å². The van der Waals surface area contributed by atoms with E-state index in [1.165, 1.54) is 28.3 Å². The number of benzene rings is 3. The average molecular weight is 542 g/mol. The number of anilines is 4. The first-order chi connectivity index (χ1) is 19.0. The highest BCUT2D eigenvalue weighted by Crippen LogP contribution is 2.46. The zero-order chi connectivity index (χ0) is 28.6. The summed E-state index contributed by atoms with van der Waals surface area (Å²) in [6.45, 7) is 5.37. The number of nitrogens with two attached hydrogens (primary N) is 1. The molecule has 9 nitrogen and oxygen atoms in total. The maximum Gasteiger partial charge on any atom is 0.414 e. The predicted octanol–water partition coefficient (Wildman–Crippen LogP) is 6.17. The fourth-order valence-corrected chi connectivity index (χ4v) is 4.44. The number of amides is 2. The van der Waals surface area contributed by atoms with Crippen molar-refractivity contribution in [3.63, 3.8) is 0 Å². The van der Waals surface area contributed by atoms with Crippen LogP contribution in [0.1, 0.15) is 37.8 Å². The highest BCUT2D eigenvalue weighted by Gasteiger charge is 2.42. The molecule has 0 bridgehead atoms. The van der Waals surface area contributed by atoms with Crippen molar-refractivity contribution in [3.05, 3.63) is 96.1 Å². The molecule has 0 radical (unpaired) electrons. The van der Waals surface area contributed by atoms with Crippen LogP contribution >= 0.6 is 0 Å². The number of hydrogen-bond acceptors (Lipinski definition) is 7. The third kappa shape index (κ3) is 5.28. The second kappa shape index (κ2) is 10.3. The molecule has 10 heteroatoms. The molecule has 0 spiro atoms. The summed E-state index contributed by atoms with van der Waals surface area (Å²) in [7, 11) is 1.60. The third-order valence-electron chi connectivity index (χ3n) is 6.25. The minimum absolute atomic E-state index is 0.188. The van der Waals surface area contributed by atoms with Crippen molar-refractivity contribution in [2.75, 3.05) is 22.6 Å². The fourth-order valence-electron chi connectivity index (χ4n) is 4.44. The van der Waals surface area contributed by atoms with Gasteiger partial charge in [-0.05, 0) is 68.8 Å². The summed E-state index contributed by atoms with van der Waals surface area (Å²) in [6, 6.07) is 19.7. The maximum atomic E-state index is 14.0. The molecule has 2 heterocycles. The van der Waals surface area contributed by atoms with Gasteiger partial charge in [-0.15, -0.1) is 0 Å². The molecule has 0 saturated carbocycles. The topological polar surface area (TPSA) is 111 Å². The first-order valence-corrected chi connectivity index (χ1v) is 12.6. The Balaban J connectivity index is 1.46. The number of ether oxygens (including phenoxy) is 2. The van der Waals surface area contributed by atoms with Crippen molar-refractivity contribution < 1.29 is 23.5 Å². The van der Waals surface area contributed by atoms with Crippen molar-refractivity contribution in [3.8, 4) is 11.5 Å². The first-order valence-electron chi connectivity index (χ1n) is 12.6. The highest BCUT2D eigenvalue weighted by atomic mass is 19.1. The minimum atomic E-state index is -0.772. The van der Waals surface area contributed by atoms with E-state index in [1.807, 2.05) is 0 Å². The van der Waals surface area contributed by atoms with Crippen molar-refractivity contribution in [2.24, 2.45) is 0 Å². The van der Waals surface area contributed by atoms with Gasteiger partial charge in [0, 0.05) is 18.8 Å². The molecule has 5 rings (SSSR count). The van der Waals surface area contributed by atoms with Gasteiger partial charge in [-0.2, -0.15) is 0 Å². The molecule has 1 aromatic heterocycles. The quantitative estimate of drug-likeness (QED) is 0.322. The molecule has 4 aromatic rings. The van der Waals surface area contributed by atoms with E-state index >= 15 is 0 Å². The van der Waals surface area contributed by atoms with E-state index in [0.29, 0.717) is 39.8 Å². The Morgan fingerprint density at radius 1 is 1.00 bits per heavy atom. The Kier molecular flexibility index (Phi) is 6.85. The number of fused-ring (bicyclic) bond motifs is 1. The molecule has 0 saturated heterocycles. The molecule has 1 atom stereocenters. The van der Waals surface area contributed by atoms with E-state index < -0.39 is 23.4 Å². The van der Waals surface area contributed by atoms with E-state index in [-0.39, 0.29) is 11.7 Å². The first kappa shape index (κ1) is 26.6. The monoisotopic (exact) mass is 541 g/mol. The summed E-state index contributed by atoms with van der Waals surface area (Å²) < 4.78 is 24.8. The number of hydrogen-bond donors (Lipinski definition) is 1. The van der Waals surface area contributed by atoms with E-state index in [0.717, 1.165) is 0 Å². The Morgan fingerprint density at radius 2 is 1.73 bits per heavy atom. The standard InChI is InChI=1S/C30H28FN5O4/c1-30(2,3)40-29(38)35(4)20-8-6-9-21(16-20)36-27-25(26(32)33-17-34-27)24(28(36)37)18-11-13-22(14-12-18)39-23-10-5-7-19(31)15-23/h5-17,24H,1-4H3,(H2,32,33,34). The number of rotatable bonds is 5. The largest absolute Gasteiger partial charge is 0.457 e. The normalized spacial score (nSPS) is 14.6. The van der Waals surface area contributed by atoms with Crippen LogP contribution in [-0.2, 0) is 9.53 Å². The van der Waals surface area contributed by atoms with E-state index in [1.54, 1.807) is 88.5 Å². The van der Waals surface area contributed by atoms with Gasteiger partial charge in [-0.3, -0.25) is 14.6 Å². The number of nitrogen functional groups attached to an aromatic ring is 1. The summed E-state index contributed by atoms with van der Waals surface area (Å²) in [5, 5.41) is 0. The van der Waals surface area contributed by atoms with E-state index in [4.69, 9.17) is 15.2 Å². The number of halogens is 1. The zero-order valence-corrected chi connectivity index (χ0v) is 22.5. The fraction of sp³-hybridized carbons (Fsp3) is 0.200. The Bertz CT molecular complexity index is 1590. The SMILES string of the molecule is CN(C(=O)OC(C)(C)C)c1cccc(N2C(=O)C(c3ccc(Oc4cccc(F)c4)cc3)c3c(N)ncnc32)c1. The molecule has 0 aliphatic carbocycles. The Morgan fingerprint density at radius 3 is 2.42 bits per heavy atom. The highest BCUT2D eigenvalue weighted by molar-refractivity contribution is 6.12. The molecular formula is C30H28FN5O4. The number of nitrogens with zero attached hydrogens (tertiary/aromatic N) is 4. The lowest BCUT2D eigenvalue weighted by molar-refractivity contribution is -0.117. The molecule has 1 aliphatic heterocycles. The molecule has 40 heavy (non-hydrogen) atoms. The zero-order valence-electron chi connectivity index (χ0n) is 22.5. The van der Waals surface area contributed by atoms with E-state index in [9.17, 15) is 14.0 Å². The number of carbonyl (C=O) groups excluding carboxylic acids is 2. The van der Waals surface area contributed by atoms with Crippen molar-refractivity contribution in [2.45, 2.75) is 32.3 Å². The molecule has 0 fully saturated rings. The lowest BCUT2D eigenvalue weighted by atomic mass is 9.93. The van der Waals surface area contributed by atoms with Gasteiger partial charge in [0.15, 0.2) is 0 Å². The summed E-state index contributed by atoms with van der Waals surface area (Å²) in [5.74, 6) is -0.0707. The summed E-state index contributed by atoms with van der Waals surface area (Å²) in [6.07, 6.45) is 0.784. The van der Waals surface area contributed by atoms with Crippen LogP contribution in [0.4, 0.5) is 32.2 Å². The maximum absolute atomic E-state index is 14.0. The number of carbonyl (C=O) groups is 2. The molecule has 2 amide bonds. The van der Waals surface area contributed by atoms with Gasteiger partial charge in [0.25, 0.3) is 0 Å². The average Bonchev–Trinajstić information content (AvgIpc) is 3.21. The van der Waals surface area contributed by atoms with Crippen LogP contribution in [0.2, 0.25) is 0 Å². The van der Waals surface area contributed by atoms with Crippen LogP contribution in [0.25, 0.3) is 0 Å².